The van der Waals surface area contributed by atoms with E-state index in [1.165, 1.54) is 39.2 Å². The van der Waals surface area contributed by atoms with Crippen molar-refractivity contribution in [3.8, 4) is 0 Å². The molecule has 1 aliphatic carbocycles. The largest absolute Gasteiger partial charge is 0.468 e. The Morgan fingerprint density at radius 1 is 1.42 bits per heavy atom. The van der Waals surface area contributed by atoms with Crippen molar-refractivity contribution in [3.05, 3.63) is 0 Å². The van der Waals surface area contributed by atoms with E-state index in [4.69, 9.17) is 10.3 Å². The van der Waals surface area contributed by atoms with Crippen molar-refractivity contribution < 1.29 is 9.53 Å². The Bertz CT molecular complexity index is 362. The fourth-order valence-corrected chi connectivity index (χ4v) is 3.33. The minimum atomic E-state index is -0.206. The second-order valence-corrected chi connectivity index (χ2v) is 5.60. The maximum absolute atomic E-state index is 11.8. The molecule has 2 rings (SSSR count). The van der Waals surface area contributed by atoms with Crippen LogP contribution in [0.25, 0.3) is 0 Å². The minimum absolute atomic E-state index is 0.0369. The lowest BCUT2D eigenvalue weighted by Gasteiger charge is -2.29. The molecule has 6 nitrogen and oxygen atoms in total. The number of rotatable bonds is 4. The van der Waals surface area contributed by atoms with Gasteiger partial charge >= 0.3 is 5.97 Å². The summed E-state index contributed by atoms with van der Waals surface area (Å²) in [6.45, 7) is 1.67. The number of hydrogen-bond donors (Lipinski definition) is 1. The minimum Gasteiger partial charge on any atom is -0.468 e. The first-order valence-electron chi connectivity index (χ1n) is 7.13. The van der Waals surface area contributed by atoms with Crippen LogP contribution in [0, 0.1) is 11.4 Å². The molecule has 1 saturated carbocycles. The highest BCUT2D eigenvalue weighted by Gasteiger charge is 2.40. The van der Waals surface area contributed by atoms with E-state index in [2.05, 4.69) is 14.9 Å². The van der Waals surface area contributed by atoms with E-state index in [0.717, 1.165) is 13.1 Å². The van der Waals surface area contributed by atoms with E-state index in [1.54, 1.807) is 0 Å². The van der Waals surface area contributed by atoms with Crippen LogP contribution in [0.3, 0.4) is 0 Å². The van der Waals surface area contributed by atoms with Gasteiger partial charge in [-0.25, -0.2) is 0 Å². The topological polar surface area (TPSA) is 79.8 Å². The fourth-order valence-electron chi connectivity index (χ4n) is 3.33. The van der Waals surface area contributed by atoms with Gasteiger partial charge in [-0.2, -0.15) is 0 Å². The van der Waals surface area contributed by atoms with Gasteiger partial charge in [-0.05, 0) is 18.8 Å². The van der Waals surface area contributed by atoms with E-state index < -0.39 is 0 Å². The Hall–Kier alpha value is -1.26. The summed E-state index contributed by atoms with van der Waals surface area (Å²) in [4.78, 5) is 17.1. The highest BCUT2D eigenvalue weighted by Crippen LogP contribution is 2.28. The van der Waals surface area contributed by atoms with Crippen molar-refractivity contribution in [2.75, 3.05) is 20.2 Å². The van der Waals surface area contributed by atoms with Crippen molar-refractivity contribution in [3.63, 3.8) is 0 Å². The maximum atomic E-state index is 11.8. The van der Waals surface area contributed by atoms with Crippen LogP contribution in [0.4, 0.5) is 0 Å². The van der Waals surface area contributed by atoms with Crippen LogP contribution < -0.4 is 4.91 Å². The molecule has 0 aromatic carbocycles. The highest BCUT2D eigenvalue weighted by atomic mass is 16.5. The Kier molecular flexibility index (Phi) is 5.05. The quantitative estimate of drug-likeness (QED) is 0.478. The molecule has 19 heavy (non-hydrogen) atoms. The summed E-state index contributed by atoms with van der Waals surface area (Å²) < 4.78 is 4.88. The third-order valence-corrected chi connectivity index (χ3v) is 4.29. The number of ether oxygens (including phenoxy) is 1. The van der Waals surface area contributed by atoms with Crippen LogP contribution in [-0.2, 0) is 9.53 Å². The number of hydrogen-bond acceptors (Lipinski definition) is 5. The van der Waals surface area contributed by atoms with Gasteiger partial charge in [0.25, 0.3) is 0 Å². The molecule has 1 aliphatic heterocycles. The molecule has 106 valence electrons. The highest BCUT2D eigenvalue weighted by molar-refractivity contribution is 5.76. The van der Waals surface area contributed by atoms with Gasteiger partial charge in [0.1, 0.15) is 22.7 Å². The number of esters is 1. The van der Waals surface area contributed by atoms with Crippen LogP contribution in [-0.4, -0.2) is 43.2 Å². The first kappa shape index (κ1) is 14.2. The van der Waals surface area contributed by atoms with E-state index >= 15 is 0 Å². The summed E-state index contributed by atoms with van der Waals surface area (Å²) >= 11 is 0. The summed E-state index contributed by atoms with van der Waals surface area (Å²) in [6.07, 6.45) is 7.09. The lowest BCUT2D eigenvalue weighted by Crippen LogP contribution is -2.40. The summed E-state index contributed by atoms with van der Waals surface area (Å²) in [5.41, 5.74) is 6.83. The first-order chi connectivity index (χ1) is 9.24. The molecule has 0 aromatic heterocycles. The lowest BCUT2D eigenvalue weighted by molar-refractivity contribution is -0.146. The second-order valence-electron chi connectivity index (χ2n) is 5.60. The predicted octanol–water partition coefficient (Wildman–Crippen LogP) is 1.73. The molecule has 2 fully saturated rings. The smallest absolute Gasteiger partial charge is 0.323 e. The molecule has 6 heteroatoms. The van der Waals surface area contributed by atoms with Gasteiger partial charge in [-0.1, -0.05) is 19.3 Å². The van der Waals surface area contributed by atoms with Crippen molar-refractivity contribution in [2.24, 2.45) is 11.0 Å². The maximum Gasteiger partial charge on any atom is 0.323 e. The van der Waals surface area contributed by atoms with E-state index in [9.17, 15) is 4.79 Å². The summed E-state index contributed by atoms with van der Waals surface area (Å²) in [6, 6.07) is -0.243. The molecule has 0 unspecified atom stereocenters. The second kappa shape index (κ2) is 6.78. The number of likely N-dealkylation sites (tertiary alicyclic amines) is 1. The van der Waals surface area contributed by atoms with Gasteiger partial charge in [0, 0.05) is 19.5 Å². The Morgan fingerprint density at radius 3 is 2.79 bits per heavy atom. The van der Waals surface area contributed by atoms with Gasteiger partial charge < -0.3 is 4.74 Å². The molecular weight excluding hydrogens is 244 g/mol. The fraction of sp³-hybridized carbons (Fsp3) is 0.923. The summed E-state index contributed by atoms with van der Waals surface area (Å²) in [5, 5.41) is 3.88. The molecule has 1 saturated heterocycles. The standard InChI is InChI=1S/C13H23N4O2/c1-19-13(18)12-7-11(15-16-14)9-17(12)8-10-5-3-2-4-6-10/h10-12,14H,2-9H2,1H3/q+1/t11-,12-/m0/s1. The average Bonchev–Trinajstić information content (AvgIpc) is 2.82. The number of nitrogens with one attached hydrogen (secondary N) is 1. The van der Waals surface area contributed by atoms with E-state index in [-0.39, 0.29) is 18.1 Å². The monoisotopic (exact) mass is 267 g/mol. The summed E-state index contributed by atoms with van der Waals surface area (Å²) in [5.74, 6) is 0.506. The first-order valence-corrected chi connectivity index (χ1v) is 7.13. The van der Waals surface area contributed by atoms with Crippen LogP contribution >= 0.6 is 0 Å². The number of carbonyl (C=O) groups excluding carboxylic acids is 1. The normalized spacial score (nSPS) is 28.9. The zero-order valence-electron chi connectivity index (χ0n) is 11.5. The van der Waals surface area contributed by atoms with Crippen LogP contribution in [0.15, 0.2) is 5.11 Å². The van der Waals surface area contributed by atoms with Gasteiger partial charge in [0.15, 0.2) is 0 Å². The average molecular weight is 267 g/mol. The Morgan fingerprint density at radius 2 is 2.16 bits per heavy atom. The molecule has 1 heterocycles. The van der Waals surface area contributed by atoms with Crippen molar-refractivity contribution >= 4 is 5.97 Å². The zero-order chi connectivity index (χ0) is 13.7. The van der Waals surface area contributed by atoms with Gasteiger partial charge in [0.05, 0.1) is 7.11 Å². The van der Waals surface area contributed by atoms with E-state index in [1.807, 2.05) is 0 Å². The van der Waals surface area contributed by atoms with Crippen LogP contribution in [0.5, 0.6) is 0 Å². The predicted molar refractivity (Wildman–Crippen MR) is 69.6 cm³/mol. The van der Waals surface area contributed by atoms with E-state index in [0.29, 0.717) is 12.3 Å². The van der Waals surface area contributed by atoms with Crippen LogP contribution in [0.1, 0.15) is 38.5 Å². The number of carbonyl (C=O) groups is 1. The Labute approximate surface area is 113 Å². The van der Waals surface area contributed by atoms with Crippen molar-refractivity contribution in [1.82, 2.24) is 9.81 Å². The molecule has 2 aliphatic rings. The molecule has 0 bridgehead atoms. The van der Waals surface area contributed by atoms with Gasteiger partial charge in [0.2, 0.25) is 4.91 Å². The zero-order valence-corrected chi connectivity index (χ0v) is 11.5. The van der Waals surface area contributed by atoms with Crippen molar-refractivity contribution in [2.45, 2.75) is 50.6 Å². The third kappa shape index (κ3) is 3.61. The lowest BCUT2D eigenvalue weighted by atomic mass is 9.89. The SMILES string of the molecule is COC(=O)[C@@H]1C[C@H](N=[N+]=N)CN1CC1CCCCC1. The number of nitrogens with zero attached hydrogens (tertiary/aromatic N) is 3. The molecular formula is C13H23N4O2+. The third-order valence-electron chi connectivity index (χ3n) is 4.29. The molecule has 0 amide bonds. The van der Waals surface area contributed by atoms with Crippen LogP contribution in [0.2, 0.25) is 0 Å². The molecule has 2 atom stereocenters. The number of methoxy groups -OCH3 is 1. The Balaban J connectivity index is 1.97. The van der Waals surface area contributed by atoms with Gasteiger partial charge in [-0.3, -0.25) is 9.69 Å². The van der Waals surface area contributed by atoms with Gasteiger partial charge in [-0.15, -0.1) is 0 Å². The molecule has 0 radical (unpaired) electrons. The molecule has 0 aromatic rings. The summed E-state index contributed by atoms with van der Waals surface area (Å²) in [7, 11) is 1.43. The molecule has 1 N–H and O–H groups in total. The molecule has 0 spiro atoms. The van der Waals surface area contributed by atoms with Crippen molar-refractivity contribution in [1.29, 1.82) is 5.53 Å².